The summed E-state index contributed by atoms with van der Waals surface area (Å²) >= 11 is 0. The zero-order valence-electron chi connectivity index (χ0n) is 14.2. The van der Waals surface area contributed by atoms with E-state index < -0.39 is 0 Å². The molecule has 0 radical (unpaired) electrons. The fourth-order valence-corrected chi connectivity index (χ4v) is 2.37. The van der Waals surface area contributed by atoms with E-state index in [1.165, 1.54) is 6.07 Å². The molecule has 0 spiro atoms. The van der Waals surface area contributed by atoms with Gasteiger partial charge in [0.2, 0.25) is 0 Å². The molecule has 1 aromatic carbocycles. The number of halogens is 1. The lowest BCUT2D eigenvalue weighted by Crippen LogP contribution is -2.25. The SMILES string of the molecule is Cc1nc(NCc2ccccc2F)cc(C(=O)NCc2ccccn2)n1. The van der Waals surface area contributed by atoms with Crippen molar-refractivity contribution >= 4 is 11.7 Å². The van der Waals surface area contributed by atoms with Crippen LogP contribution in [0.25, 0.3) is 0 Å². The largest absolute Gasteiger partial charge is 0.366 e. The highest BCUT2D eigenvalue weighted by Crippen LogP contribution is 2.11. The van der Waals surface area contributed by atoms with Gasteiger partial charge in [-0.05, 0) is 25.1 Å². The molecule has 1 amide bonds. The maximum Gasteiger partial charge on any atom is 0.270 e. The molecule has 2 N–H and O–H groups in total. The van der Waals surface area contributed by atoms with Crippen LogP contribution >= 0.6 is 0 Å². The van der Waals surface area contributed by atoms with Crippen LogP contribution in [0.1, 0.15) is 27.6 Å². The van der Waals surface area contributed by atoms with E-state index in [1.807, 2.05) is 18.2 Å². The molecule has 3 rings (SSSR count). The Bertz CT molecular complexity index is 901. The Morgan fingerprint density at radius 2 is 1.88 bits per heavy atom. The van der Waals surface area contributed by atoms with Crippen molar-refractivity contribution in [1.82, 2.24) is 20.3 Å². The first kappa shape index (κ1) is 17.5. The van der Waals surface area contributed by atoms with Crippen LogP contribution < -0.4 is 10.6 Å². The van der Waals surface area contributed by atoms with E-state index in [2.05, 4.69) is 25.6 Å². The highest BCUT2D eigenvalue weighted by Gasteiger charge is 2.11. The van der Waals surface area contributed by atoms with Gasteiger partial charge in [-0.15, -0.1) is 0 Å². The zero-order chi connectivity index (χ0) is 18.4. The average molecular weight is 351 g/mol. The lowest BCUT2D eigenvalue weighted by molar-refractivity contribution is 0.0945. The minimum atomic E-state index is -0.324. The number of carbonyl (C=O) groups is 1. The third-order valence-electron chi connectivity index (χ3n) is 3.64. The molecule has 0 bridgehead atoms. The highest BCUT2D eigenvalue weighted by atomic mass is 19.1. The van der Waals surface area contributed by atoms with Crippen molar-refractivity contribution in [1.29, 1.82) is 0 Å². The van der Waals surface area contributed by atoms with Gasteiger partial charge in [-0.1, -0.05) is 24.3 Å². The maximum absolute atomic E-state index is 13.7. The van der Waals surface area contributed by atoms with E-state index in [4.69, 9.17) is 0 Å². The number of nitrogens with one attached hydrogen (secondary N) is 2. The molecule has 0 unspecified atom stereocenters. The lowest BCUT2D eigenvalue weighted by Gasteiger charge is -2.09. The van der Waals surface area contributed by atoms with Crippen LogP contribution in [0.3, 0.4) is 0 Å². The molecule has 0 aliphatic heterocycles. The molecule has 3 aromatic rings. The minimum Gasteiger partial charge on any atom is -0.366 e. The van der Waals surface area contributed by atoms with E-state index in [1.54, 1.807) is 37.4 Å². The van der Waals surface area contributed by atoms with Gasteiger partial charge < -0.3 is 10.6 Å². The first-order valence-electron chi connectivity index (χ1n) is 8.13. The number of carbonyl (C=O) groups excluding carboxylic acids is 1. The number of pyridine rings is 1. The lowest BCUT2D eigenvalue weighted by atomic mass is 10.2. The standard InChI is InChI=1S/C19H18FN5O/c1-13-24-17(19(26)23-12-15-7-4-5-9-21-15)10-18(25-13)22-11-14-6-2-3-8-16(14)20/h2-10H,11-12H2,1H3,(H,23,26)(H,22,24,25). The molecule has 0 fully saturated rings. The molecule has 2 heterocycles. The van der Waals surface area contributed by atoms with Crippen molar-refractivity contribution in [3.63, 3.8) is 0 Å². The van der Waals surface area contributed by atoms with Gasteiger partial charge >= 0.3 is 0 Å². The second-order valence-corrected chi connectivity index (χ2v) is 5.63. The Labute approximate surface area is 150 Å². The molecular weight excluding hydrogens is 333 g/mol. The molecule has 0 aliphatic carbocycles. The number of rotatable bonds is 6. The smallest absolute Gasteiger partial charge is 0.270 e. The number of hydrogen-bond acceptors (Lipinski definition) is 5. The topological polar surface area (TPSA) is 79.8 Å². The Morgan fingerprint density at radius 3 is 2.65 bits per heavy atom. The number of anilines is 1. The first-order valence-corrected chi connectivity index (χ1v) is 8.13. The molecule has 0 saturated carbocycles. The van der Waals surface area contributed by atoms with Crippen LogP contribution in [0, 0.1) is 12.7 Å². The highest BCUT2D eigenvalue weighted by molar-refractivity contribution is 5.92. The van der Waals surface area contributed by atoms with Crippen molar-refractivity contribution in [3.05, 3.63) is 83.3 Å². The molecule has 26 heavy (non-hydrogen) atoms. The molecule has 0 atom stereocenters. The Hall–Kier alpha value is -3.35. The fraction of sp³-hybridized carbons (Fsp3) is 0.158. The molecule has 6 nitrogen and oxygen atoms in total. The second-order valence-electron chi connectivity index (χ2n) is 5.63. The Balaban J connectivity index is 1.67. The molecule has 0 saturated heterocycles. The van der Waals surface area contributed by atoms with E-state index in [-0.39, 0.29) is 24.0 Å². The summed E-state index contributed by atoms with van der Waals surface area (Å²) in [6.45, 7) is 2.27. The third-order valence-corrected chi connectivity index (χ3v) is 3.64. The molecule has 132 valence electrons. The summed E-state index contributed by atoms with van der Waals surface area (Å²) in [6.07, 6.45) is 1.67. The molecule has 2 aromatic heterocycles. The maximum atomic E-state index is 13.7. The number of benzene rings is 1. The quantitative estimate of drug-likeness (QED) is 0.714. The van der Waals surface area contributed by atoms with Crippen LogP contribution in [0.2, 0.25) is 0 Å². The van der Waals surface area contributed by atoms with Crippen molar-refractivity contribution < 1.29 is 9.18 Å². The van der Waals surface area contributed by atoms with Crippen molar-refractivity contribution in [2.24, 2.45) is 0 Å². The minimum absolute atomic E-state index is 0.240. The summed E-state index contributed by atoms with van der Waals surface area (Å²) in [7, 11) is 0. The van der Waals surface area contributed by atoms with Gasteiger partial charge in [-0.2, -0.15) is 0 Å². The summed E-state index contributed by atoms with van der Waals surface area (Å²) in [4.78, 5) is 24.9. The number of aryl methyl sites for hydroxylation is 1. The van der Waals surface area contributed by atoms with Gasteiger partial charge in [-0.3, -0.25) is 9.78 Å². The summed E-state index contributed by atoms with van der Waals surface area (Å²) < 4.78 is 13.7. The predicted octanol–water partition coefficient (Wildman–Crippen LogP) is 2.86. The van der Waals surface area contributed by atoms with Gasteiger partial charge in [0.05, 0.1) is 12.2 Å². The van der Waals surface area contributed by atoms with Crippen LogP contribution in [-0.2, 0) is 13.1 Å². The molecule has 0 aliphatic rings. The first-order chi connectivity index (χ1) is 12.6. The van der Waals surface area contributed by atoms with Crippen molar-refractivity contribution in [2.45, 2.75) is 20.0 Å². The van der Waals surface area contributed by atoms with E-state index >= 15 is 0 Å². The summed E-state index contributed by atoms with van der Waals surface area (Å²) in [6, 6.07) is 13.5. The summed E-state index contributed by atoms with van der Waals surface area (Å²) in [5, 5.41) is 5.80. The average Bonchev–Trinajstić information content (AvgIpc) is 2.66. The van der Waals surface area contributed by atoms with Gasteiger partial charge in [0.1, 0.15) is 23.2 Å². The monoisotopic (exact) mass is 351 g/mol. The van der Waals surface area contributed by atoms with Gasteiger partial charge in [0.15, 0.2) is 0 Å². The van der Waals surface area contributed by atoms with Gasteiger partial charge in [0.25, 0.3) is 5.91 Å². The second kappa shape index (κ2) is 8.15. The number of amides is 1. The molecule has 7 heteroatoms. The van der Waals surface area contributed by atoms with Crippen LogP contribution in [0.15, 0.2) is 54.7 Å². The predicted molar refractivity (Wildman–Crippen MR) is 95.9 cm³/mol. The Morgan fingerprint density at radius 1 is 1.08 bits per heavy atom. The fourth-order valence-electron chi connectivity index (χ4n) is 2.37. The van der Waals surface area contributed by atoms with Crippen molar-refractivity contribution in [2.75, 3.05) is 5.32 Å². The van der Waals surface area contributed by atoms with Crippen LogP contribution in [0.5, 0.6) is 0 Å². The van der Waals surface area contributed by atoms with Crippen LogP contribution in [-0.4, -0.2) is 20.9 Å². The number of hydrogen-bond donors (Lipinski definition) is 2. The van der Waals surface area contributed by atoms with Crippen LogP contribution in [0.4, 0.5) is 10.2 Å². The van der Waals surface area contributed by atoms with Gasteiger partial charge in [-0.25, -0.2) is 14.4 Å². The van der Waals surface area contributed by atoms with E-state index in [9.17, 15) is 9.18 Å². The number of aromatic nitrogens is 3. The zero-order valence-corrected chi connectivity index (χ0v) is 14.2. The third kappa shape index (κ3) is 4.60. The van der Waals surface area contributed by atoms with E-state index in [0.717, 1.165) is 5.69 Å². The van der Waals surface area contributed by atoms with Crippen molar-refractivity contribution in [3.8, 4) is 0 Å². The van der Waals surface area contributed by atoms with E-state index in [0.29, 0.717) is 23.8 Å². The normalized spacial score (nSPS) is 10.4. The number of nitrogens with zero attached hydrogens (tertiary/aromatic N) is 3. The Kier molecular flexibility index (Phi) is 5.48. The summed E-state index contributed by atoms with van der Waals surface area (Å²) in [5.41, 5.74) is 1.51. The molecular formula is C19H18FN5O. The van der Waals surface area contributed by atoms with Gasteiger partial charge in [0, 0.05) is 24.4 Å². The summed E-state index contributed by atoms with van der Waals surface area (Å²) in [5.74, 6) is 0.296.